The smallest absolute Gasteiger partial charge is 0.122 e. The van der Waals surface area contributed by atoms with Gasteiger partial charge >= 0.3 is 0 Å². The van der Waals surface area contributed by atoms with Crippen molar-refractivity contribution in [1.29, 1.82) is 0 Å². The van der Waals surface area contributed by atoms with Gasteiger partial charge in [-0.25, -0.2) is 0 Å². The van der Waals surface area contributed by atoms with Crippen LogP contribution in [0.1, 0.15) is 30.9 Å². The average Bonchev–Trinajstić information content (AvgIpc) is 3.18. The molecule has 2 rings (SSSR count). The van der Waals surface area contributed by atoms with Crippen LogP contribution in [0.15, 0.2) is 18.2 Å². The van der Waals surface area contributed by atoms with E-state index in [-0.39, 0.29) is 18.4 Å². The minimum atomic E-state index is 0. The standard InChI is InChI=1S/C16H25NO2.ClH/c1-12(17)9-15-10-13(7-8-18-2)5-6-16(15)19-11-14-3-4-14;/h5-6,10,12,14H,3-4,7-9,11,17H2,1-2H3;1H. The van der Waals surface area contributed by atoms with E-state index in [1.165, 1.54) is 24.0 Å². The van der Waals surface area contributed by atoms with Crippen molar-refractivity contribution in [1.82, 2.24) is 0 Å². The molecule has 1 aromatic rings. The van der Waals surface area contributed by atoms with Crippen molar-refractivity contribution in [3.8, 4) is 5.75 Å². The molecule has 0 amide bonds. The summed E-state index contributed by atoms with van der Waals surface area (Å²) >= 11 is 0. The molecule has 0 aliphatic heterocycles. The predicted octanol–water partition coefficient (Wildman–Crippen LogP) is 2.98. The van der Waals surface area contributed by atoms with Crippen molar-refractivity contribution in [3.63, 3.8) is 0 Å². The van der Waals surface area contributed by atoms with Crippen LogP contribution in [-0.2, 0) is 17.6 Å². The van der Waals surface area contributed by atoms with Crippen molar-refractivity contribution in [2.75, 3.05) is 20.3 Å². The van der Waals surface area contributed by atoms with E-state index in [9.17, 15) is 0 Å². The zero-order chi connectivity index (χ0) is 13.7. The summed E-state index contributed by atoms with van der Waals surface area (Å²) in [6, 6.07) is 6.59. The minimum Gasteiger partial charge on any atom is -0.493 e. The van der Waals surface area contributed by atoms with Gasteiger partial charge in [-0.1, -0.05) is 12.1 Å². The summed E-state index contributed by atoms with van der Waals surface area (Å²) in [7, 11) is 1.73. The maximum Gasteiger partial charge on any atom is 0.122 e. The molecule has 0 bridgehead atoms. The molecule has 20 heavy (non-hydrogen) atoms. The van der Waals surface area contributed by atoms with Crippen LogP contribution in [0.4, 0.5) is 0 Å². The van der Waals surface area contributed by atoms with Crippen LogP contribution >= 0.6 is 12.4 Å². The second-order valence-electron chi connectivity index (χ2n) is 5.62. The first-order valence-corrected chi connectivity index (χ1v) is 7.18. The number of nitrogens with two attached hydrogens (primary N) is 1. The van der Waals surface area contributed by atoms with Gasteiger partial charge in [0.05, 0.1) is 13.2 Å². The van der Waals surface area contributed by atoms with Crippen LogP contribution < -0.4 is 10.5 Å². The molecule has 3 nitrogen and oxygen atoms in total. The lowest BCUT2D eigenvalue weighted by molar-refractivity contribution is 0.202. The largest absolute Gasteiger partial charge is 0.493 e. The first kappa shape index (κ1) is 17.3. The molecule has 114 valence electrons. The van der Waals surface area contributed by atoms with Gasteiger partial charge in [0.2, 0.25) is 0 Å². The Hall–Kier alpha value is -0.770. The Balaban J connectivity index is 0.00000200. The number of benzene rings is 1. The van der Waals surface area contributed by atoms with Crippen LogP contribution in [0, 0.1) is 5.92 Å². The summed E-state index contributed by atoms with van der Waals surface area (Å²) in [6.07, 6.45) is 4.43. The van der Waals surface area contributed by atoms with Gasteiger partial charge in [0, 0.05) is 13.2 Å². The van der Waals surface area contributed by atoms with E-state index in [1.54, 1.807) is 7.11 Å². The Morgan fingerprint density at radius 1 is 1.35 bits per heavy atom. The van der Waals surface area contributed by atoms with E-state index in [1.807, 2.05) is 6.92 Å². The third-order valence-corrected chi connectivity index (χ3v) is 3.43. The molecule has 1 aromatic carbocycles. The number of methoxy groups -OCH3 is 1. The van der Waals surface area contributed by atoms with E-state index in [0.29, 0.717) is 0 Å². The van der Waals surface area contributed by atoms with E-state index >= 15 is 0 Å². The average molecular weight is 300 g/mol. The number of hydrogen-bond donors (Lipinski definition) is 1. The van der Waals surface area contributed by atoms with Gasteiger partial charge in [-0.2, -0.15) is 0 Å². The minimum absolute atomic E-state index is 0. The quantitative estimate of drug-likeness (QED) is 0.802. The highest BCUT2D eigenvalue weighted by molar-refractivity contribution is 5.85. The molecule has 0 radical (unpaired) electrons. The third-order valence-electron chi connectivity index (χ3n) is 3.43. The Kier molecular flexibility index (Phi) is 7.35. The molecule has 0 heterocycles. The van der Waals surface area contributed by atoms with Crippen LogP contribution in [0.2, 0.25) is 0 Å². The fraction of sp³-hybridized carbons (Fsp3) is 0.625. The third kappa shape index (κ3) is 5.70. The highest BCUT2D eigenvalue weighted by Crippen LogP contribution is 2.31. The van der Waals surface area contributed by atoms with Crippen LogP contribution in [-0.4, -0.2) is 26.4 Å². The van der Waals surface area contributed by atoms with E-state index in [2.05, 4.69) is 18.2 Å². The van der Waals surface area contributed by atoms with Gasteiger partial charge in [-0.3, -0.25) is 0 Å². The molecular weight excluding hydrogens is 274 g/mol. The Bertz CT molecular complexity index is 405. The summed E-state index contributed by atoms with van der Waals surface area (Å²) in [4.78, 5) is 0. The molecule has 1 atom stereocenters. The van der Waals surface area contributed by atoms with Crippen molar-refractivity contribution in [2.45, 2.75) is 38.6 Å². The number of halogens is 1. The summed E-state index contributed by atoms with van der Waals surface area (Å²) < 4.78 is 11.1. The Morgan fingerprint density at radius 2 is 2.10 bits per heavy atom. The van der Waals surface area contributed by atoms with Gasteiger partial charge in [-0.15, -0.1) is 12.4 Å². The summed E-state index contributed by atoms with van der Waals surface area (Å²) in [5, 5.41) is 0. The highest BCUT2D eigenvalue weighted by atomic mass is 35.5. The van der Waals surface area contributed by atoms with E-state index < -0.39 is 0 Å². The Morgan fingerprint density at radius 3 is 2.70 bits per heavy atom. The molecule has 2 N–H and O–H groups in total. The first-order valence-electron chi connectivity index (χ1n) is 7.18. The first-order chi connectivity index (χ1) is 9.19. The van der Waals surface area contributed by atoms with Crippen molar-refractivity contribution in [3.05, 3.63) is 29.3 Å². The summed E-state index contributed by atoms with van der Waals surface area (Å²) in [5.74, 6) is 1.78. The van der Waals surface area contributed by atoms with Gasteiger partial charge in [0.1, 0.15) is 5.75 Å². The Labute approximate surface area is 128 Å². The van der Waals surface area contributed by atoms with Crippen molar-refractivity contribution >= 4 is 12.4 Å². The summed E-state index contributed by atoms with van der Waals surface area (Å²) in [5.41, 5.74) is 8.45. The molecule has 0 saturated heterocycles. The molecule has 4 heteroatoms. The summed E-state index contributed by atoms with van der Waals surface area (Å²) in [6.45, 7) is 3.63. The van der Waals surface area contributed by atoms with Crippen molar-refractivity contribution in [2.24, 2.45) is 11.7 Å². The molecule has 0 aromatic heterocycles. The zero-order valence-electron chi connectivity index (χ0n) is 12.4. The predicted molar refractivity (Wildman–Crippen MR) is 84.8 cm³/mol. The van der Waals surface area contributed by atoms with Gasteiger partial charge < -0.3 is 15.2 Å². The fourth-order valence-electron chi connectivity index (χ4n) is 2.15. The lowest BCUT2D eigenvalue weighted by Crippen LogP contribution is -2.18. The second-order valence-corrected chi connectivity index (χ2v) is 5.62. The number of ether oxygens (including phenoxy) is 2. The van der Waals surface area contributed by atoms with Crippen LogP contribution in [0.3, 0.4) is 0 Å². The fourth-order valence-corrected chi connectivity index (χ4v) is 2.15. The molecule has 1 saturated carbocycles. The maximum absolute atomic E-state index is 5.93. The van der Waals surface area contributed by atoms with Crippen LogP contribution in [0.5, 0.6) is 5.75 Å². The molecule has 1 fully saturated rings. The number of hydrogen-bond acceptors (Lipinski definition) is 3. The van der Waals surface area contributed by atoms with Gasteiger partial charge in [0.25, 0.3) is 0 Å². The molecule has 1 aliphatic carbocycles. The maximum atomic E-state index is 5.93. The topological polar surface area (TPSA) is 44.5 Å². The zero-order valence-corrected chi connectivity index (χ0v) is 13.2. The number of rotatable bonds is 8. The molecule has 1 aliphatic rings. The SMILES string of the molecule is COCCc1ccc(OCC2CC2)c(CC(C)N)c1.Cl. The van der Waals surface area contributed by atoms with Crippen LogP contribution in [0.25, 0.3) is 0 Å². The monoisotopic (exact) mass is 299 g/mol. The van der Waals surface area contributed by atoms with Gasteiger partial charge in [-0.05, 0) is 55.7 Å². The van der Waals surface area contributed by atoms with Crippen molar-refractivity contribution < 1.29 is 9.47 Å². The molecule has 0 spiro atoms. The molecule has 1 unspecified atom stereocenters. The lowest BCUT2D eigenvalue weighted by atomic mass is 10.0. The lowest BCUT2D eigenvalue weighted by Gasteiger charge is -2.14. The molecular formula is C16H26ClNO2. The van der Waals surface area contributed by atoms with E-state index in [4.69, 9.17) is 15.2 Å². The normalized spacial score (nSPS) is 15.6. The van der Waals surface area contributed by atoms with Gasteiger partial charge in [0.15, 0.2) is 0 Å². The second kappa shape index (κ2) is 8.50. The van der Waals surface area contributed by atoms with E-state index in [0.717, 1.165) is 37.7 Å². The highest BCUT2D eigenvalue weighted by Gasteiger charge is 2.22.